The zero-order valence-corrected chi connectivity index (χ0v) is 13.8. The Kier molecular flexibility index (Phi) is 7.52. The van der Waals surface area contributed by atoms with E-state index in [9.17, 15) is 4.79 Å². The Balaban J connectivity index is 2.56. The Morgan fingerprint density at radius 3 is 2.40 bits per heavy atom. The summed E-state index contributed by atoms with van der Waals surface area (Å²) in [6.07, 6.45) is 3.29. The number of amides is 1. The van der Waals surface area contributed by atoms with Crippen LogP contribution in [0.15, 0.2) is 0 Å². The van der Waals surface area contributed by atoms with E-state index in [1.165, 1.54) is 0 Å². The number of nitrogens with zero attached hydrogens (tertiary/aromatic N) is 2. The first kappa shape index (κ1) is 17.4. The Labute approximate surface area is 124 Å². The summed E-state index contributed by atoms with van der Waals surface area (Å²) >= 11 is 0. The van der Waals surface area contributed by atoms with Crippen molar-refractivity contribution in [2.75, 3.05) is 32.7 Å². The van der Waals surface area contributed by atoms with Crippen LogP contribution in [0.2, 0.25) is 0 Å². The van der Waals surface area contributed by atoms with E-state index in [-0.39, 0.29) is 5.92 Å². The van der Waals surface area contributed by atoms with Crippen molar-refractivity contribution in [1.29, 1.82) is 0 Å². The summed E-state index contributed by atoms with van der Waals surface area (Å²) in [5.74, 6) is 0.878. The van der Waals surface area contributed by atoms with Gasteiger partial charge in [-0.15, -0.1) is 0 Å². The van der Waals surface area contributed by atoms with Gasteiger partial charge in [-0.25, -0.2) is 0 Å². The largest absolute Gasteiger partial charge is 0.341 e. The first-order valence-corrected chi connectivity index (χ1v) is 8.24. The molecule has 0 aromatic heterocycles. The summed E-state index contributed by atoms with van der Waals surface area (Å²) in [5, 5.41) is 0. The van der Waals surface area contributed by atoms with Crippen LogP contribution in [0.25, 0.3) is 0 Å². The van der Waals surface area contributed by atoms with Gasteiger partial charge in [0.25, 0.3) is 0 Å². The van der Waals surface area contributed by atoms with Gasteiger partial charge in [0.05, 0.1) is 0 Å². The lowest BCUT2D eigenvalue weighted by Crippen LogP contribution is -2.42. The number of hydrogen-bond acceptors (Lipinski definition) is 3. The number of carbonyl (C=O) groups excluding carboxylic acids is 1. The highest BCUT2D eigenvalue weighted by Crippen LogP contribution is 2.17. The maximum absolute atomic E-state index is 12.5. The molecule has 4 nitrogen and oxygen atoms in total. The minimum atomic E-state index is 0.132. The molecule has 1 heterocycles. The van der Waals surface area contributed by atoms with Crippen LogP contribution in [0, 0.1) is 11.8 Å². The summed E-state index contributed by atoms with van der Waals surface area (Å²) < 4.78 is 0. The zero-order chi connectivity index (χ0) is 15.1. The third-order valence-electron chi connectivity index (χ3n) is 4.72. The lowest BCUT2D eigenvalue weighted by atomic mass is 9.96. The van der Waals surface area contributed by atoms with E-state index in [1.807, 2.05) is 0 Å². The first-order chi connectivity index (χ1) is 9.51. The van der Waals surface area contributed by atoms with Gasteiger partial charge < -0.3 is 10.6 Å². The normalized spacial score (nSPS) is 20.8. The van der Waals surface area contributed by atoms with Crippen LogP contribution >= 0.6 is 0 Å². The third kappa shape index (κ3) is 4.74. The molecule has 2 atom stereocenters. The van der Waals surface area contributed by atoms with Crippen LogP contribution in [0.4, 0.5) is 0 Å². The summed E-state index contributed by atoms with van der Waals surface area (Å²) in [6, 6.07) is 0.581. The maximum atomic E-state index is 12.5. The predicted molar refractivity (Wildman–Crippen MR) is 84.5 cm³/mol. The monoisotopic (exact) mass is 283 g/mol. The van der Waals surface area contributed by atoms with Gasteiger partial charge in [-0.05, 0) is 31.7 Å². The fourth-order valence-electron chi connectivity index (χ4n) is 2.93. The highest BCUT2D eigenvalue weighted by Gasteiger charge is 2.26. The predicted octanol–water partition coefficient (Wildman–Crippen LogP) is 1.94. The maximum Gasteiger partial charge on any atom is 0.225 e. The fraction of sp³-hybridized carbons (Fsp3) is 0.938. The van der Waals surface area contributed by atoms with Gasteiger partial charge >= 0.3 is 0 Å². The third-order valence-corrected chi connectivity index (χ3v) is 4.72. The molecule has 0 bridgehead atoms. The van der Waals surface area contributed by atoms with Crippen molar-refractivity contribution in [2.45, 2.75) is 53.0 Å². The van der Waals surface area contributed by atoms with Crippen molar-refractivity contribution in [3.63, 3.8) is 0 Å². The highest BCUT2D eigenvalue weighted by molar-refractivity contribution is 5.78. The Morgan fingerprint density at radius 2 is 1.85 bits per heavy atom. The van der Waals surface area contributed by atoms with Crippen LogP contribution < -0.4 is 5.73 Å². The Hall–Kier alpha value is -0.610. The van der Waals surface area contributed by atoms with E-state index >= 15 is 0 Å². The highest BCUT2D eigenvalue weighted by atomic mass is 16.2. The SMILES string of the molecule is CCC(CCN)N1CCCN(C(=O)C(C)C(C)C)CC1. The molecule has 0 aromatic carbocycles. The van der Waals surface area contributed by atoms with Crippen LogP contribution in [0.3, 0.4) is 0 Å². The van der Waals surface area contributed by atoms with Crippen molar-refractivity contribution in [3.8, 4) is 0 Å². The molecule has 4 heteroatoms. The second-order valence-corrected chi connectivity index (χ2v) is 6.39. The molecule has 1 aliphatic rings. The molecular formula is C16H33N3O. The Bertz CT molecular complexity index is 293. The number of carbonyl (C=O) groups is 1. The van der Waals surface area contributed by atoms with Crippen molar-refractivity contribution >= 4 is 5.91 Å². The zero-order valence-electron chi connectivity index (χ0n) is 13.8. The molecule has 0 aliphatic carbocycles. The fourth-order valence-corrected chi connectivity index (χ4v) is 2.93. The standard InChI is InChI=1S/C16H33N3O/c1-5-15(7-8-17)18-9-6-10-19(12-11-18)16(20)14(4)13(2)3/h13-15H,5-12,17H2,1-4H3. The van der Waals surface area contributed by atoms with Crippen molar-refractivity contribution in [3.05, 3.63) is 0 Å². The van der Waals surface area contributed by atoms with E-state index in [4.69, 9.17) is 5.73 Å². The van der Waals surface area contributed by atoms with Gasteiger partial charge in [0.1, 0.15) is 0 Å². The molecule has 2 unspecified atom stereocenters. The molecule has 0 spiro atoms. The van der Waals surface area contributed by atoms with Gasteiger partial charge in [0.2, 0.25) is 5.91 Å². The van der Waals surface area contributed by atoms with E-state index in [0.717, 1.165) is 52.0 Å². The van der Waals surface area contributed by atoms with Crippen molar-refractivity contribution < 1.29 is 4.79 Å². The van der Waals surface area contributed by atoms with Crippen LogP contribution in [0.5, 0.6) is 0 Å². The summed E-state index contributed by atoms with van der Waals surface area (Å²) in [7, 11) is 0. The Morgan fingerprint density at radius 1 is 1.15 bits per heavy atom. The molecule has 1 rings (SSSR count). The molecule has 1 saturated heterocycles. The molecule has 0 aromatic rings. The van der Waals surface area contributed by atoms with E-state index in [2.05, 4.69) is 37.5 Å². The van der Waals surface area contributed by atoms with Gasteiger partial charge in [-0.1, -0.05) is 27.7 Å². The summed E-state index contributed by atoms with van der Waals surface area (Å²) in [5.41, 5.74) is 5.71. The van der Waals surface area contributed by atoms with Crippen molar-refractivity contribution in [2.24, 2.45) is 17.6 Å². The molecule has 1 amide bonds. The van der Waals surface area contributed by atoms with E-state index in [0.29, 0.717) is 17.9 Å². The second-order valence-electron chi connectivity index (χ2n) is 6.39. The minimum absolute atomic E-state index is 0.132. The van der Waals surface area contributed by atoms with E-state index < -0.39 is 0 Å². The van der Waals surface area contributed by atoms with Gasteiger partial charge in [-0.2, -0.15) is 0 Å². The van der Waals surface area contributed by atoms with Gasteiger partial charge in [-0.3, -0.25) is 9.69 Å². The number of rotatable bonds is 6. The van der Waals surface area contributed by atoms with Crippen LogP contribution in [-0.4, -0.2) is 54.5 Å². The summed E-state index contributed by atoms with van der Waals surface area (Å²) in [4.78, 5) is 17.0. The molecule has 1 fully saturated rings. The van der Waals surface area contributed by atoms with Crippen LogP contribution in [0.1, 0.15) is 47.0 Å². The molecule has 20 heavy (non-hydrogen) atoms. The minimum Gasteiger partial charge on any atom is -0.341 e. The van der Waals surface area contributed by atoms with Gasteiger partial charge in [0, 0.05) is 38.1 Å². The molecule has 0 radical (unpaired) electrons. The van der Waals surface area contributed by atoms with Crippen molar-refractivity contribution in [1.82, 2.24) is 9.80 Å². The average Bonchev–Trinajstić information content (AvgIpc) is 2.68. The topological polar surface area (TPSA) is 49.6 Å². The van der Waals surface area contributed by atoms with Crippen LogP contribution in [-0.2, 0) is 4.79 Å². The number of hydrogen-bond donors (Lipinski definition) is 1. The molecule has 0 saturated carbocycles. The van der Waals surface area contributed by atoms with Gasteiger partial charge in [0.15, 0.2) is 0 Å². The lowest BCUT2D eigenvalue weighted by Gasteiger charge is -2.30. The molecule has 2 N–H and O–H groups in total. The summed E-state index contributed by atoms with van der Waals surface area (Å²) in [6.45, 7) is 13.2. The first-order valence-electron chi connectivity index (χ1n) is 8.24. The average molecular weight is 283 g/mol. The molecular weight excluding hydrogens is 250 g/mol. The molecule has 118 valence electrons. The number of nitrogens with two attached hydrogens (primary N) is 1. The smallest absolute Gasteiger partial charge is 0.225 e. The lowest BCUT2D eigenvalue weighted by molar-refractivity contribution is -0.136. The second kappa shape index (κ2) is 8.63. The molecule has 1 aliphatic heterocycles. The van der Waals surface area contributed by atoms with E-state index in [1.54, 1.807) is 0 Å². The quantitative estimate of drug-likeness (QED) is 0.810.